The molecule has 0 atom stereocenters. The van der Waals surface area contributed by atoms with Crippen molar-refractivity contribution in [2.24, 2.45) is 0 Å². The van der Waals surface area contributed by atoms with Gasteiger partial charge in [0.15, 0.2) is 11.6 Å². The number of hydrogen-bond acceptors (Lipinski definition) is 3. The zero-order chi connectivity index (χ0) is 14.5. The largest absolute Gasteiger partial charge is 0.488 e. The summed E-state index contributed by atoms with van der Waals surface area (Å²) in [7, 11) is 1.16. The first-order chi connectivity index (χ1) is 9.61. The molecule has 0 saturated heterocycles. The molecular formula is C15H12F2O3. The second kappa shape index (κ2) is 6.14. The Hall–Kier alpha value is -2.43. The second-order valence-electron chi connectivity index (χ2n) is 4.03. The van der Waals surface area contributed by atoms with Crippen molar-refractivity contribution in [2.75, 3.05) is 7.11 Å². The van der Waals surface area contributed by atoms with Gasteiger partial charge in [0.25, 0.3) is 0 Å². The van der Waals surface area contributed by atoms with Crippen LogP contribution in [0.2, 0.25) is 0 Å². The monoisotopic (exact) mass is 278 g/mol. The highest BCUT2D eigenvalue weighted by Gasteiger charge is 2.17. The zero-order valence-electron chi connectivity index (χ0n) is 10.7. The number of rotatable bonds is 4. The lowest BCUT2D eigenvalue weighted by molar-refractivity contribution is 0.0594. The van der Waals surface area contributed by atoms with Crippen LogP contribution < -0.4 is 4.74 Å². The van der Waals surface area contributed by atoms with E-state index >= 15 is 0 Å². The lowest BCUT2D eigenvalue weighted by Crippen LogP contribution is -2.07. The predicted octanol–water partition coefficient (Wildman–Crippen LogP) is 3.33. The fourth-order valence-corrected chi connectivity index (χ4v) is 1.65. The minimum atomic E-state index is -1.13. The van der Waals surface area contributed by atoms with Gasteiger partial charge in [0.1, 0.15) is 17.9 Å². The van der Waals surface area contributed by atoms with Crippen LogP contribution in [0.5, 0.6) is 5.75 Å². The minimum Gasteiger partial charge on any atom is -0.488 e. The molecule has 5 heteroatoms. The number of halogens is 2. The van der Waals surface area contributed by atoms with Crippen molar-refractivity contribution < 1.29 is 23.0 Å². The van der Waals surface area contributed by atoms with Crippen LogP contribution in [0.15, 0.2) is 42.5 Å². The van der Waals surface area contributed by atoms with Crippen LogP contribution in [0.1, 0.15) is 15.9 Å². The number of methoxy groups -OCH3 is 1. The Bertz CT molecular complexity index is 612. The molecule has 0 fully saturated rings. The molecule has 0 saturated carbocycles. The summed E-state index contributed by atoms with van der Waals surface area (Å²) in [6, 6.07) is 10.7. The molecule has 0 N–H and O–H groups in total. The Morgan fingerprint density at radius 3 is 2.40 bits per heavy atom. The van der Waals surface area contributed by atoms with E-state index in [1.54, 1.807) is 0 Å². The van der Waals surface area contributed by atoms with E-state index in [-0.39, 0.29) is 17.9 Å². The molecule has 0 heterocycles. The Labute approximate surface area is 114 Å². The molecule has 0 bridgehead atoms. The number of hydrogen-bond donors (Lipinski definition) is 0. The minimum absolute atomic E-state index is 0.0559. The SMILES string of the molecule is COC(=O)c1cc(F)c(F)cc1OCc1ccccc1. The Balaban J connectivity index is 2.26. The van der Waals surface area contributed by atoms with Gasteiger partial charge in [-0.15, -0.1) is 0 Å². The molecule has 0 radical (unpaired) electrons. The molecule has 0 aliphatic carbocycles. The topological polar surface area (TPSA) is 35.5 Å². The van der Waals surface area contributed by atoms with E-state index < -0.39 is 17.6 Å². The van der Waals surface area contributed by atoms with E-state index in [9.17, 15) is 13.6 Å². The van der Waals surface area contributed by atoms with Crippen molar-refractivity contribution in [2.45, 2.75) is 6.61 Å². The van der Waals surface area contributed by atoms with E-state index in [1.165, 1.54) is 0 Å². The number of ether oxygens (including phenoxy) is 2. The fourth-order valence-electron chi connectivity index (χ4n) is 1.65. The van der Waals surface area contributed by atoms with Gasteiger partial charge in [-0.2, -0.15) is 0 Å². The highest BCUT2D eigenvalue weighted by Crippen LogP contribution is 2.24. The first kappa shape index (κ1) is 14.0. The maximum Gasteiger partial charge on any atom is 0.341 e. The Morgan fingerprint density at radius 2 is 1.75 bits per heavy atom. The highest BCUT2D eigenvalue weighted by molar-refractivity contribution is 5.92. The van der Waals surface area contributed by atoms with Crippen molar-refractivity contribution in [1.29, 1.82) is 0 Å². The molecule has 2 rings (SSSR count). The molecule has 0 amide bonds. The van der Waals surface area contributed by atoms with E-state index in [0.29, 0.717) is 0 Å². The summed E-state index contributed by atoms with van der Waals surface area (Å²) in [5.74, 6) is -3.05. The number of esters is 1. The van der Waals surface area contributed by atoms with Gasteiger partial charge in [0, 0.05) is 6.07 Å². The van der Waals surface area contributed by atoms with Crippen molar-refractivity contribution in [3.63, 3.8) is 0 Å². The van der Waals surface area contributed by atoms with Crippen molar-refractivity contribution >= 4 is 5.97 Å². The molecule has 0 aromatic heterocycles. The van der Waals surface area contributed by atoms with Gasteiger partial charge in [0.2, 0.25) is 0 Å². The van der Waals surface area contributed by atoms with E-state index in [1.807, 2.05) is 30.3 Å². The van der Waals surface area contributed by atoms with Crippen LogP contribution in [0.25, 0.3) is 0 Å². The average Bonchev–Trinajstić information content (AvgIpc) is 2.48. The summed E-state index contributed by atoms with van der Waals surface area (Å²) in [6.45, 7) is 0.135. The summed E-state index contributed by atoms with van der Waals surface area (Å²) < 4.78 is 36.3. The van der Waals surface area contributed by atoms with Gasteiger partial charge in [-0.1, -0.05) is 30.3 Å². The smallest absolute Gasteiger partial charge is 0.341 e. The summed E-state index contributed by atoms with van der Waals surface area (Å²) in [5, 5.41) is 0. The van der Waals surface area contributed by atoms with E-state index in [2.05, 4.69) is 4.74 Å². The van der Waals surface area contributed by atoms with Crippen molar-refractivity contribution in [1.82, 2.24) is 0 Å². The lowest BCUT2D eigenvalue weighted by atomic mass is 10.2. The fraction of sp³-hybridized carbons (Fsp3) is 0.133. The van der Waals surface area contributed by atoms with Gasteiger partial charge in [-0.05, 0) is 11.6 Å². The normalized spacial score (nSPS) is 10.2. The molecule has 2 aromatic rings. The summed E-state index contributed by atoms with van der Waals surface area (Å²) in [4.78, 5) is 11.5. The number of carbonyl (C=O) groups is 1. The number of carbonyl (C=O) groups excluding carboxylic acids is 1. The van der Waals surface area contributed by atoms with E-state index in [0.717, 1.165) is 24.8 Å². The third kappa shape index (κ3) is 3.12. The van der Waals surface area contributed by atoms with Crippen LogP contribution in [-0.4, -0.2) is 13.1 Å². The summed E-state index contributed by atoms with van der Waals surface area (Å²) in [5.41, 5.74) is 0.690. The average molecular weight is 278 g/mol. The van der Waals surface area contributed by atoms with Crippen LogP contribution in [0.3, 0.4) is 0 Å². The quantitative estimate of drug-likeness (QED) is 0.805. The maximum atomic E-state index is 13.2. The molecule has 0 spiro atoms. The molecule has 3 nitrogen and oxygen atoms in total. The first-order valence-electron chi connectivity index (χ1n) is 5.86. The van der Waals surface area contributed by atoms with Crippen LogP contribution in [-0.2, 0) is 11.3 Å². The summed E-state index contributed by atoms with van der Waals surface area (Å²) in [6.07, 6.45) is 0. The van der Waals surface area contributed by atoms with Gasteiger partial charge in [-0.25, -0.2) is 13.6 Å². The van der Waals surface area contributed by atoms with Gasteiger partial charge in [-0.3, -0.25) is 0 Å². The molecule has 0 aliphatic rings. The van der Waals surface area contributed by atoms with Crippen molar-refractivity contribution in [3.8, 4) is 5.75 Å². The standard InChI is InChI=1S/C15H12F2O3/c1-19-15(18)11-7-12(16)13(17)8-14(11)20-9-10-5-3-2-4-6-10/h2-8H,9H2,1H3. The Morgan fingerprint density at radius 1 is 1.10 bits per heavy atom. The highest BCUT2D eigenvalue weighted by atomic mass is 19.2. The lowest BCUT2D eigenvalue weighted by Gasteiger charge is -2.11. The molecule has 0 aliphatic heterocycles. The van der Waals surface area contributed by atoms with Gasteiger partial charge < -0.3 is 9.47 Å². The van der Waals surface area contributed by atoms with Crippen molar-refractivity contribution in [3.05, 3.63) is 65.2 Å². The van der Waals surface area contributed by atoms with Crippen LogP contribution >= 0.6 is 0 Å². The maximum absolute atomic E-state index is 13.2. The van der Waals surface area contributed by atoms with Crippen LogP contribution in [0, 0.1) is 11.6 Å². The molecule has 2 aromatic carbocycles. The summed E-state index contributed by atoms with van der Waals surface area (Å²) >= 11 is 0. The molecule has 20 heavy (non-hydrogen) atoms. The predicted molar refractivity (Wildman–Crippen MR) is 68.5 cm³/mol. The van der Waals surface area contributed by atoms with Gasteiger partial charge in [0.05, 0.1) is 7.11 Å². The molecule has 0 unspecified atom stereocenters. The van der Waals surface area contributed by atoms with Crippen LogP contribution in [0.4, 0.5) is 8.78 Å². The second-order valence-corrected chi connectivity index (χ2v) is 4.03. The number of benzene rings is 2. The third-order valence-electron chi connectivity index (χ3n) is 2.66. The zero-order valence-corrected chi connectivity index (χ0v) is 10.7. The van der Waals surface area contributed by atoms with Gasteiger partial charge >= 0.3 is 5.97 Å². The molecular weight excluding hydrogens is 266 g/mol. The van der Waals surface area contributed by atoms with E-state index in [4.69, 9.17) is 4.74 Å². The molecule has 104 valence electrons. The first-order valence-corrected chi connectivity index (χ1v) is 5.86. The third-order valence-corrected chi connectivity index (χ3v) is 2.66. The Kier molecular flexibility index (Phi) is 4.30.